The highest BCUT2D eigenvalue weighted by molar-refractivity contribution is 7.25. The van der Waals surface area contributed by atoms with E-state index in [-0.39, 0.29) is 0 Å². The Balaban J connectivity index is 1.05. The van der Waals surface area contributed by atoms with Crippen molar-refractivity contribution in [1.82, 2.24) is 0 Å². The van der Waals surface area contributed by atoms with E-state index in [0.29, 0.717) is 0 Å². The molecule has 3 heterocycles. The summed E-state index contributed by atoms with van der Waals surface area (Å²) < 4.78 is 2.65. The zero-order valence-corrected chi connectivity index (χ0v) is 28.9. The van der Waals surface area contributed by atoms with E-state index in [0.717, 1.165) is 39.5 Å². The number of benzene rings is 6. The normalized spacial score (nSPS) is 15.8. The summed E-state index contributed by atoms with van der Waals surface area (Å²) in [5.74, 6) is 0. The molecule has 0 saturated carbocycles. The smallest absolute Gasteiger partial charge is 0.0555 e. The molecule has 2 aliphatic rings. The van der Waals surface area contributed by atoms with E-state index in [9.17, 15) is 0 Å². The molecule has 0 aliphatic carbocycles. The summed E-state index contributed by atoms with van der Waals surface area (Å²) >= 11 is 1.85. The molecular formula is C48H34N2S. The Morgan fingerprint density at radius 1 is 0.549 bits per heavy atom. The molecule has 0 bridgehead atoms. The maximum absolute atomic E-state index is 4.48. The van der Waals surface area contributed by atoms with Crippen LogP contribution >= 0.6 is 11.3 Å². The van der Waals surface area contributed by atoms with Gasteiger partial charge in [-0.25, -0.2) is 0 Å². The molecule has 0 spiro atoms. The van der Waals surface area contributed by atoms with Crippen molar-refractivity contribution in [3.8, 4) is 22.3 Å². The number of hydrogen-bond acceptors (Lipinski definition) is 3. The van der Waals surface area contributed by atoms with Gasteiger partial charge in [0.2, 0.25) is 0 Å². The Morgan fingerprint density at radius 3 is 2.06 bits per heavy atom. The average molecular weight is 671 g/mol. The third-order valence-corrected chi connectivity index (χ3v) is 10.9. The summed E-state index contributed by atoms with van der Waals surface area (Å²) in [6.07, 6.45) is 16.3. The van der Waals surface area contributed by atoms with Crippen LogP contribution in [0.15, 0.2) is 195 Å². The first-order chi connectivity index (χ1) is 25.2. The lowest BCUT2D eigenvalue weighted by Crippen LogP contribution is -2.26. The summed E-state index contributed by atoms with van der Waals surface area (Å²) in [5.41, 5.74) is 13.8. The van der Waals surface area contributed by atoms with Gasteiger partial charge in [-0.1, -0.05) is 110 Å². The summed E-state index contributed by atoms with van der Waals surface area (Å²) in [5, 5.41) is 2.64. The number of nitrogens with zero attached hydrogens (tertiary/aromatic N) is 2. The molecule has 6 aromatic carbocycles. The maximum atomic E-state index is 4.48. The number of thiophene rings is 1. The molecule has 0 atom stereocenters. The number of hydrogen-bond donors (Lipinski definition) is 0. The van der Waals surface area contributed by atoms with Crippen LogP contribution in [0.2, 0.25) is 0 Å². The monoisotopic (exact) mass is 670 g/mol. The molecule has 0 N–H and O–H groups in total. The van der Waals surface area contributed by atoms with E-state index in [1.807, 2.05) is 23.5 Å². The molecule has 242 valence electrons. The number of fused-ring (bicyclic) bond motifs is 5. The highest BCUT2D eigenvalue weighted by Crippen LogP contribution is 2.49. The van der Waals surface area contributed by atoms with Gasteiger partial charge in [-0.3, -0.25) is 0 Å². The topological polar surface area (TPSA) is 6.48 Å². The van der Waals surface area contributed by atoms with Crippen molar-refractivity contribution in [1.29, 1.82) is 0 Å². The van der Waals surface area contributed by atoms with E-state index in [1.54, 1.807) is 6.08 Å². The Labute approximate surface area is 302 Å². The largest absolute Gasteiger partial charge is 0.317 e. The molecule has 0 saturated heterocycles. The lowest BCUT2D eigenvalue weighted by atomic mass is 9.90. The highest BCUT2D eigenvalue weighted by atomic mass is 32.1. The number of para-hydroxylation sites is 1. The third-order valence-electron chi connectivity index (χ3n) is 9.70. The molecule has 0 fully saturated rings. The van der Waals surface area contributed by atoms with Crippen molar-refractivity contribution in [2.24, 2.45) is 0 Å². The van der Waals surface area contributed by atoms with Crippen molar-refractivity contribution >= 4 is 65.5 Å². The van der Waals surface area contributed by atoms with E-state index in [4.69, 9.17) is 0 Å². The quantitative estimate of drug-likeness (QED) is 0.163. The Kier molecular flexibility index (Phi) is 7.68. The van der Waals surface area contributed by atoms with Crippen molar-refractivity contribution in [3.05, 3.63) is 206 Å². The summed E-state index contributed by atoms with van der Waals surface area (Å²) in [6.45, 7) is 8.32. The first-order valence-corrected chi connectivity index (χ1v) is 18.0. The third kappa shape index (κ3) is 5.45. The molecule has 2 aliphatic heterocycles. The van der Waals surface area contributed by atoms with Gasteiger partial charge in [-0.2, -0.15) is 0 Å². The van der Waals surface area contributed by atoms with Crippen LogP contribution in [0.3, 0.4) is 0 Å². The molecule has 3 heteroatoms. The Hall–Kier alpha value is -6.42. The summed E-state index contributed by atoms with van der Waals surface area (Å²) in [4.78, 5) is 4.56. The summed E-state index contributed by atoms with van der Waals surface area (Å²) in [6, 6.07) is 48.4. The fraction of sp³-hybridized carbons (Fsp3) is 0. The van der Waals surface area contributed by atoms with Gasteiger partial charge in [0.1, 0.15) is 0 Å². The number of allylic oxidation sites excluding steroid dienone is 8. The van der Waals surface area contributed by atoms with Crippen LogP contribution in [0.4, 0.5) is 22.7 Å². The number of anilines is 4. The first kappa shape index (κ1) is 30.6. The second-order valence-electron chi connectivity index (χ2n) is 12.8. The maximum Gasteiger partial charge on any atom is 0.0555 e. The van der Waals surface area contributed by atoms with Gasteiger partial charge < -0.3 is 9.80 Å². The van der Waals surface area contributed by atoms with Crippen LogP contribution < -0.4 is 9.80 Å². The minimum atomic E-state index is 0.975. The van der Waals surface area contributed by atoms with Gasteiger partial charge in [-0.05, 0) is 107 Å². The second kappa shape index (κ2) is 12.8. The molecule has 9 rings (SSSR count). The Morgan fingerprint density at radius 2 is 1.24 bits per heavy atom. The molecule has 0 amide bonds. The molecule has 1 aromatic heterocycles. The van der Waals surface area contributed by atoms with Crippen LogP contribution in [0, 0.1) is 0 Å². The minimum absolute atomic E-state index is 0.975. The lowest BCUT2D eigenvalue weighted by Gasteiger charge is -2.39. The van der Waals surface area contributed by atoms with Crippen molar-refractivity contribution in [3.63, 3.8) is 0 Å². The molecular weight excluding hydrogens is 637 g/mol. The molecule has 0 radical (unpaired) electrons. The van der Waals surface area contributed by atoms with Crippen molar-refractivity contribution < 1.29 is 0 Å². The van der Waals surface area contributed by atoms with Gasteiger partial charge in [0, 0.05) is 48.9 Å². The fourth-order valence-corrected chi connectivity index (χ4v) is 8.25. The van der Waals surface area contributed by atoms with Crippen LogP contribution in [0.1, 0.15) is 11.1 Å². The van der Waals surface area contributed by atoms with Gasteiger partial charge >= 0.3 is 0 Å². The predicted molar refractivity (Wildman–Crippen MR) is 222 cm³/mol. The zero-order valence-electron chi connectivity index (χ0n) is 28.0. The van der Waals surface area contributed by atoms with Gasteiger partial charge in [-0.15, -0.1) is 11.3 Å². The fourth-order valence-electron chi connectivity index (χ4n) is 7.16. The zero-order chi connectivity index (χ0) is 34.3. The van der Waals surface area contributed by atoms with Crippen LogP contribution in [0.5, 0.6) is 0 Å². The van der Waals surface area contributed by atoms with E-state index in [2.05, 4.69) is 187 Å². The molecule has 0 unspecified atom stereocenters. The van der Waals surface area contributed by atoms with E-state index >= 15 is 0 Å². The standard InChI is InChI=1S/C48H34N2S/c1-3-4-6-17-45-43-32-37(22-27-46(43)50(45)39-14-7-5-8-15-39)36-21-26-44-41(30-36)33(2)13-11-12-29-49(44)38-24-19-34(20-25-38)35-23-28-48-42(31-35)40-16-9-10-18-47(40)51-48/h3-32H,1-2H2/b6-4-,13-11-,29-12-,45-17-. The Bertz CT molecular complexity index is 2610. The summed E-state index contributed by atoms with van der Waals surface area (Å²) in [7, 11) is 0. The van der Waals surface area contributed by atoms with Crippen LogP contribution in [0.25, 0.3) is 53.7 Å². The first-order valence-electron chi connectivity index (χ1n) is 17.1. The van der Waals surface area contributed by atoms with Crippen LogP contribution in [-0.4, -0.2) is 0 Å². The lowest BCUT2D eigenvalue weighted by molar-refractivity contribution is 1.21. The highest BCUT2D eigenvalue weighted by Gasteiger charge is 2.30. The second-order valence-corrected chi connectivity index (χ2v) is 13.8. The van der Waals surface area contributed by atoms with Crippen LogP contribution in [-0.2, 0) is 0 Å². The van der Waals surface area contributed by atoms with Gasteiger partial charge in [0.25, 0.3) is 0 Å². The van der Waals surface area contributed by atoms with E-state index in [1.165, 1.54) is 48.1 Å². The molecule has 2 nitrogen and oxygen atoms in total. The van der Waals surface area contributed by atoms with E-state index < -0.39 is 0 Å². The van der Waals surface area contributed by atoms with Crippen molar-refractivity contribution in [2.45, 2.75) is 0 Å². The average Bonchev–Trinajstić information content (AvgIpc) is 3.54. The molecule has 7 aromatic rings. The molecule has 51 heavy (non-hydrogen) atoms. The SMILES string of the molecule is C=C/C=C\C=C1\c2cc(-c3ccc4c(c3)C(=C)/C=C\C=C/N4c3ccc(-c4ccc5sc6ccccc6c5c4)cc3)ccc2N1c1ccccc1. The van der Waals surface area contributed by atoms with Gasteiger partial charge in [0.15, 0.2) is 0 Å². The minimum Gasteiger partial charge on any atom is -0.317 e. The van der Waals surface area contributed by atoms with Crippen molar-refractivity contribution in [2.75, 3.05) is 9.80 Å². The number of rotatable bonds is 6. The predicted octanol–water partition coefficient (Wildman–Crippen LogP) is 13.9. The van der Waals surface area contributed by atoms with Gasteiger partial charge in [0.05, 0.1) is 17.1 Å².